The van der Waals surface area contributed by atoms with Crippen LogP contribution in [0.2, 0.25) is 0 Å². The first-order valence-electron chi connectivity index (χ1n) is 6.34. The fourth-order valence-electron chi connectivity index (χ4n) is 2.29. The summed E-state index contributed by atoms with van der Waals surface area (Å²) in [6.07, 6.45) is 0.398. The van der Waals surface area contributed by atoms with Crippen LogP contribution in [0.1, 0.15) is 28.3 Å². The molecule has 2 rings (SSSR count). The van der Waals surface area contributed by atoms with Crippen molar-refractivity contribution < 1.29 is 8.78 Å². The van der Waals surface area contributed by atoms with Crippen LogP contribution in [-0.2, 0) is 6.42 Å². The summed E-state index contributed by atoms with van der Waals surface area (Å²) in [4.78, 5) is 0. The highest BCUT2D eigenvalue weighted by Gasteiger charge is 2.11. The van der Waals surface area contributed by atoms with Gasteiger partial charge in [0.15, 0.2) is 0 Å². The third-order valence-electron chi connectivity index (χ3n) is 3.26. The summed E-state index contributed by atoms with van der Waals surface area (Å²) in [5.74, 6) is -1.15. The quantitative estimate of drug-likeness (QED) is 0.869. The molecular weight excluding hydrogens is 324 g/mol. The lowest BCUT2D eigenvalue weighted by molar-refractivity contribution is 0.576. The summed E-state index contributed by atoms with van der Waals surface area (Å²) < 4.78 is 27.4. The average Bonchev–Trinajstić information content (AvgIpc) is 2.33. The van der Waals surface area contributed by atoms with Crippen LogP contribution in [0.25, 0.3) is 0 Å². The number of aryl methyl sites for hydroxylation is 2. The molecule has 0 bridgehead atoms. The van der Waals surface area contributed by atoms with E-state index in [1.54, 1.807) is 0 Å². The van der Waals surface area contributed by atoms with E-state index in [4.69, 9.17) is 5.73 Å². The third-order valence-corrected chi connectivity index (χ3v) is 4.52. The summed E-state index contributed by atoms with van der Waals surface area (Å²) in [5, 5.41) is 0. The Labute approximate surface area is 125 Å². The molecule has 1 unspecified atom stereocenters. The molecule has 0 spiro atoms. The van der Waals surface area contributed by atoms with E-state index < -0.39 is 11.6 Å². The van der Waals surface area contributed by atoms with Gasteiger partial charge >= 0.3 is 0 Å². The minimum Gasteiger partial charge on any atom is -0.324 e. The van der Waals surface area contributed by atoms with Crippen LogP contribution in [0, 0.1) is 25.5 Å². The third kappa shape index (κ3) is 3.44. The standard InChI is InChI=1S/C16H16BrF2N/c1-9-3-12(4-10(2)16(9)17)15(20)7-11-5-13(18)8-14(19)6-11/h3-6,8,15H,7,20H2,1-2H3. The second-order valence-corrected chi connectivity index (χ2v) is 5.85. The molecule has 2 aromatic rings. The Morgan fingerprint density at radius 3 is 2.00 bits per heavy atom. The van der Waals surface area contributed by atoms with E-state index in [0.29, 0.717) is 12.0 Å². The van der Waals surface area contributed by atoms with Crippen LogP contribution in [0.15, 0.2) is 34.8 Å². The smallest absolute Gasteiger partial charge is 0.126 e. The number of rotatable bonds is 3. The first-order valence-corrected chi connectivity index (χ1v) is 7.13. The number of hydrogen-bond donors (Lipinski definition) is 1. The first-order chi connectivity index (χ1) is 9.36. The molecule has 106 valence electrons. The van der Waals surface area contributed by atoms with Gasteiger partial charge in [-0.05, 0) is 54.7 Å². The molecule has 0 saturated carbocycles. The molecule has 0 heterocycles. The van der Waals surface area contributed by atoms with Crippen molar-refractivity contribution >= 4 is 15.9 Å². The minimum absolute atomic E-state index is 0.290. The Bertz CT molecular complexity index is 597. The molecule has 0 saturated heterocycles. The van der Waals surface area contributed by atoms with Crippen LogP contribution in [-0.4, -0.2) is 0 Å². The van der Waals surface area contributed by atoms with Gasteiger partial charge in [0.1, 0.15) is 11.6 Å². The number of nitrogens with two attached hydrogens (primary N) is 1. The highest BCUT2D eigenvalue weighted by atomic mass is 79.9. The Kier molecular flexibility index (Phi) is 4.55. The normalized spacial score (nSPS) is 12.5. The lowest BCUT2D eigenvalue weighted by atomic mass is 9.96. The van der Waals surface area contributed by atoms with E-state index in [2.05, 4.69) is 15.9 Å². The van der Waals surface area contributed by atoms with Crippen molar-refractivity contribution in [1.29, 1.82) is 0 Å². The van der Waals surface area contributed by atoms with Gasteiger partial charge in [-0.1, -0.05) is 28.1 Å². The number of hydrogen-bond acceptors (Lipinski definition) is 1. The van der Waals surface area contributed by atoms with Gasteiger partial charge in [0.25, 0.3) is 0 Å². The molecule has 0 fully saturated rings. The predicted octanol–water partition coefficient (Wildman–Crippen LogP) is 4.59. The van der Waals surface area contributed by atoms with E-state index in [1.165, 1.54) is 12.1 Å². The second-order valence-electron chi connectivity index (χ2n) is 5.06. The van der Waals surface area contributed by atoms with E-state index in [1.807, 2.05) is 26.0 Å². The molecule has 0 aliphatic rings. The largest absolute Gasteiger partial charge is 0.324 e. The topological polar surface area (TPSA) is 26.0 Å². The van der Waals surface area contributed by atoms with Gasteiger partial charge in [0.05, 0.1) is 0 Å². The molecule has 20 heavy (non-hydrogen) atoms. The Morgan fingerprint density at radius 2 is 1.50 bits per heavy atom. The van der Waals surface area contributed by atoms with Crippen LogP contribution < -0.4 is 5.73 Å². The minimum atomic E-state index is -0.574. The first kappa shape index (κ1) is 15.1. The van der Waals surface area contributed by atoms with E-state index in [0.717, 1.165) is 27.2 Å². The van der Waals surface area contributed by atoms with Crippen molar-refractivity contribution in [3.05, 3.63) is 68.7 Å². The van der Waals surface area contributed by atoms with Gasteiger partial charge in [-0.2, -0.15) is 0 Å². The number of halogens is 3. The molecular formula is C16H16BrF2N. The van der Waals surface area contributed by atoms with Crippen molar-refractivity contribution in [2.24, 2.45) is 5.73 Å². The van der Waals surface area contributed by atoms with Crippen molar-refractivity contribution in [1.82, 2.24) is 0 Å². The Hall–Kier alpha value is -1.26. The van der Waals surface area contributed by atoms with E-state index in [9.17, 15) is 8.78 Å². The molecule has 0 aliphatic heterocycles. The van der Waals surface area contributed by atoms with E-state index in [-0.39, 0.29) is 6.04 Å². The SMILES string of the molecule is Cc1cc(C(N)Cc2cc(F)cc(F)c2)cc(C)c1Br. The molecule has 0 amide bonds. The van der Waals surface area contributed by atoms with E-state index >= 15 is 0 Å². The molecule has 0 aromatic heterocycles. The van der Waals surface area contributed by atoms with Crippen LogP contribution >= 0.6 is 15.9 Å². The maximum atomic E-state index is 13.2. The van der Waals surface area contributed by atoms with Crippen molar-refractivity contribution in [3.8, 4) is 0 Å². The lowest BCUT2D eigenvalue weighted by Gasteiger charge is -2.15. The highest BCUT2D eigenvalue weighted by Crippen LogP contribution is 2.26. The molecule has 2 aromatic carbocycles. The molecule has 4 heteroatoms. The monoisotopic (exact) mass is 339 g/mol. The number of benzene rings is 2. The second kappa shape index (κ2) is 6.02. The maximum absolute atomic E-state index is 13.2. The highest BCUT2D eigenvalue weighted by molar-refractivity contribution is 9.10. The van der Waals surface area contributed by atoms with Crippen molar-refractivity contribution in [3.63, 3.8) is 0 Å². The van der Waals surface area contributed by atoms with Gasteiger partial charge in [-0.15, -0.1) is 0 Å². The summed E-state index contributed by atoms with van der Waals surface area (Å²) in [6.45, 7) is 3.99. The zero-order valence-electron chi connectivity index (χ0n) is 11.4. The lowest BCUT2D eigenvalue weighted by Crippen LogP contribution is -2.14. The Balaban J connectivity index is 2.25. The zero-order valence-corrected chi connectivity index (χ0v) is 13.0. The van der Waals surface area contributed by atoms with Gasteiger partial charge in [-0.25, -0.2) is 8.78 Å². The summed E-state index contributed by atoms with van der Waals surface area (Å²) in [5.41, 5.74) is 9.88. The molecule has 0 radical (unpaired) electrons. The predicted molar refractivity (Wildman–Crippen MR) is 80.6 cm³/mol. The van der Waals surface area contributed by atoms with Gasteiger partial charge in [0.2, 0.25) is 0 Å². The molecule has 1 nitrogen and oxygen atoms in total. The summed E-state index contributed by atoms with van der Waals surface area (Å²) in [6, 6.07) is 7.21. The molecule has 1 atom stereocenters. The van der Waals surface area contributed by atoms with Gasteiger partial charge in [-0.3, -0.25) is 0 Å². The van der Waals surface area contributed by atoms with Crippen LogP contribution in [0.5, 0.6) is 0 Å². The van der Waals surface area contributed by atoms with Gasteiger partial charge in [0, 0.05) is 16.6 Å². The summed E-state index contributed by atoms with van der Waals surface area (Å²) >= 11 is 3.51. The Morgan fingerprint density at radius 1 is 1.00 bits per heavy atom. The van der Waals surface area contributed by atoms with Crippen molar-refractivity contribution in [2.75, 3.05) is 0 Å². The molecule has 0 aliphatic carbocycles. The fraction of sp³-hybridized carbons (Fsp3) is 0.250. The zero-order chi connectivity index (χ0) is 14.9. The molecule has 2 N–H and O–H groups in total. The summed E-state index contributed by atoms with van der Waals surface area (Å²) in [7, 11) is 0. The van der Waals surface area contributed by atoms with Crippen molar-refractivity contribution in [2.45, 2.75) is 26.3 Å². The van der Waals surface area contributed by atoms with Crippen LogP contribution in [0.3, 0.4) is 0 Å². The maximum Gasteiger partial charge on any atom is 0.126 e. The van der Waals surface area contributed by atoms with Gasteiger partial charge < -0.3 is 5.73 Å². The fourth-order valence-corrected chi connectivity index (χ4v) is 2.52. The average molecular weight is 340 g/mol. The van der Waals surface area contributed by atoms with Crippen LogP contribution in [0.4, 0.5) is 8.78 Å².